The maximum atomic E-state index is 11.6. The van der Waals surface area contributed by atoms with E-state index < -0.39 is 0 Å². The average molecular weight is 513 g/mol. The number of rotatable bonds is 24. The molecule has 0 aliphatic carbocycles. The zero-order chi connectivity index (χ0) is 25.3. The summed E-state index contributed by atoms with van der Waals surface area (Å²) in [4.78, 5) is 22.3. The summed E-state index contributed by atoms with van der Waals surface area (Å²) in [5.74, 6) is -0.383. The second-order valence-electron chi connectivity index (χ2n) is 9.17. The molecule has 0 aliphatic rings. The Morgan fingerprint density at radius 3 is 1.68 bits per heavy atom. The number of ketones is 1. The third kappa shape index (κ3) is 21.8. The Hall–Kier alpha value is -0.680. The van der Waals surface area contributed by atoms with Crippen molar-refractivity contribution >= 4 is 35.3 Å². The Kier molecular flexibility index (Phi) is 24.9. The summed E-state index contributed by atoms with van der Waals surface area (Å²) >= 11 is 4.18. The molecule has 2 atom stereocenters. The maximum absolute atomic E-state index is 11.6. The van der Waals surface area contributed by atoms with Crippen molar-refractivity contribution in [2.24, 2.45) is 0 Å². The molecule has 0 amide bonds. The van der Waals surface area contributed by atoms with Crippen molar-refractivity contribution in [3.63, 3.8) is 0 Å². The molecule has 0 spiro atoms. The summed E-state index contributed by atoms with van der Waals surface area (Å²) in [7, 11) is 0. The second-order valence-corrected chi connectivity index (χ2v) is 11.3. The number of ether oxygens (including phenoxy) is 1. The molecule has 198 valence electrons. The van der Waals surface area contributed by atoms with Crippen LogP contribution in [0.5, 0.6) is 0 Å². The summed E-state index contributed by atoms with van der Waals surface area (Å²) in [5.41, 5.74) is 0. The van der Waals surface area contributed by atoms with E-state index >= 15 is 0 Å². The van der Waals surface area contributed by atoms with Crippen molar-refractivity contribution in [1.82, 2.24) is 0 Å². The first kappa shape index (κ1) is 33.3. The predicted molar refractivity (Wildman–Crippen MR) is 154 cm³/mol. The minimum absolute atomic E-state index is 0.0496. The largest absolute Gasteiger partial charge is 0.462 e. The molecule has 0 bridgehead atoms. The first-order valence-corrected chi connectivity index (χ1v) is 16.2. The van der Waals surface area contributed by atoms with Crippen LogP contribution in [0.1, 0.15) is 117 Å². The van der Waals surface area contributed by atoms with Gasteiger partial charge in [0.25, 0.3) is 0 Å². The van der Waals surface area contributed by atoms with Gasteiger partial charge in [-0.25, -0.2) is 0 Å². The summed E-state index contributed by atoms with van der Waals surface area (Å²) in [6.07, 6.45) is 32.4. The van der Waals surface area contributed by atoms with Crippen LogP contribution in [0.25, 0.3) is 0 Å². The molecule has 0 fully saturated rings. The molecule has 3 nitrogen and oxygen atoms in total. The molecule has 0 radical (unpaired) electrons. The lowest BCUT2D eigenvalue weighted by molar-refractivity contribution is -0.139. The predicted octanol–water partition coefficient (Wildman–Crippen LogP) is 8.96. The van der Waals surface area contributed by atoms with Gasteiger partial charge in [-0.2, -0.15) is 23.5 Å². The molecular weight excluding hydrogens is 460 g/mol. The summed E-state index contributed by atoms with van der Waals surface area (Å²) in [6, 6.07) is 0. The number of unbranched alkanes of at least 4 members (excludes halogenated alkanes) is 12. The number of esters is 1. The van der Waals surface area contributed by atoms with Gasteiger partial charge in [0.2, 0.25) is 0 Å². The van der Waals surface area contributed by atoms with Crippen LogP contribution >= 0.6 is 23.5 Å². The Bertz CT molecular complexity index is 545. The van der Waals surface area contributed by atoms with Crippen LogP contribution < -0.4 is 0 Å². The van der Waals surface area contributed by atoms with E-state index in [-0.39, 0.29) is 18.4 Å². The lowest BCUT2D eigenvalue weighted by Crippen LogP contribution is -2.19. The van der Waals surface area contributed by atoms with Gasteiger partial charge in [0.05, 0.1) is 0 Å². The van der Waals surface area contributed by atoms with Crippen LogP contribution in [0, 0.1) is 0 Å². The highest BCUT2D eigenvalue weighted by atomic mass is 32.2. The molecule has 2 unspecified atom stereocenters. The molecule has 34 heavy (non-hydrogen) atoms. The number of allylic oxidation sites excluding steroid dienone is 3. The Morgan fingerprint density at radius 2 is 1.18 bits per heavy atom. The first-order valence-electron chi connectivity index (χ1n) is 13.6. The van der Waals surface area contributed by atoms with E-state index in [1.807, 2.05) is 6.08 Å². The number of carbonyl (C=O) groups excluding carboxylic acids is 2. The van der Waals surface area contributed by atoms with E-state index in [9.17, 15) is 9.59 Å². The highest BCUT2D eigenvalue weighted by Crippen LogP contribution is 2.30. The zero-order valence-corrected chi connectivity index (χ0v) is 24.2. The average Bonchev–Trinajstić information content (AvgIpc) is 2.82. The van der Waals surface area contributed by atoms with Gasteiger partial charge in [0, 0.05) is 17.4 Å². The molecule has 0 aliphatic heterocycles. The van der Waals surface area contributed by atoms with E-state index in [2.05, 4.69) is 43.0 Å². The summed E-state index contributed by atoms with van der Waals surface area (Å²) in [5, 5.41) is 1.64. The number of carbonyl (C=O) groups is 2. The molecule has 0 N–H and O–H groups in total. The molecule has 0 saturated heterocycles. The highest BCUT2D eigenvalue weighted by molar-refractivity contribution is 8.03. The Labute approximate surface area is 219 Å². The van der Waals surface area contributed by atoms with Crippen molar-refractivity contribution < 1.29 is 14.3 Å². The fourth-order valence-electron chi connectivity index (χ4n) is 4.11. The fraction of sp³-hybridized carbons (Fsp3) is 0.793. The van der Waals surface area contributed by atoms with Crippen LogP contribution in [-0.4, -0.2) is 41.4 Å². The molecule has 0 aromatic rings. The highest BCUT2D eigenvalue weighted by Gasteiger charge is 2.18. The van der Waals surface area contributed by atoms with Crippen LogP contribution in [0.3, 0.4) is 0 Å². The quantitative estimate of drug-likeness (QED) is 0.0733. The SMILES string of the molecule is CCCCCCCCC(SC)C(CCCCCCCCC/C=C/C(=O)/C=C/COC(C)=O)SC. The van der Waals surface area contributed by atoms with Gasteiger partial charge in [0.1, 0.15) is 6.61 Å². The third-order valence-corrected chi connectivity index (χ3v) is 8.68. The van der Waals surface area contributed by atoms with E-state index in [0.717, 1.165) is 23.3 Å². The molecule has 0 saturated carbocycles. The standard InChI is InChI=1S/C29H52O3S2/c1-5-6-7-8-15-18-23-28(33-3)29(34-4)24-19-16-13-11-9-10-12-14-17-21-27(31)22-20-25-32-26(2)30/h17,20-22,28-29H,5-16,18-19,23-25H2,1-4H3/b21-17+,22-20+. The molecule has 0 aromatic heterocycles. The molecule has 0 rings (SSSR count). The van der Waals surface area contributed by atoms with Gasteiger partial charge in [-0.1, -0.05) is 90.0 Å². The van der Waals surface area contributed by atoms with Crippen LogP contribution in [0.2, 0.25) is 0 Å². The Balaban J connectivity index is 3.71. The maximum Gasteiger partial charge on any atom is 0.302 e. The first-order chi connectivity index (χ1) is 16.5. The minimum Gasteiger partial charge on any atom is -0.462 e. The normalized spacial score (nSPS) is 13.5. The second kappa shape index (κ2) is 25.4. The zero-order valence-electron chi connectivity index (χ0n) is 22.5. The lowest BCUT2D eigenvalue weighted by atomic mass is 10.0. The minimum atomic E-state index is -0.333. The van der Waals surface area contributed by atoms with Gasteiger partial charge in [-0.05, 0) is 56.4 Å². The fourth-order valence-corrected chi connectivity index (χ4v) is 6.46. The molecule has 0 aromatic carbocycles. The number of hydrogen-bond acceptors (Lipinski definition) is 5. The summed E-state index contributed by atoms with van der Waals surface area (Å²) < 4.78 is 4.75. The van der Waals surface area contributed by atoms with Gasteiger partial charge in [-0.15, -0.1) is 0 Å². The van der Waals surface area contributed by atoms with Crippen molar-refractivity contribution in [2.75, 3.05) is 19.1 Å². The van der Waals surface area contributed by atoms with Crippen molar-refractivity contribution in [3.8, 4) is 0 Å². The van der Waals surface area contributed by atoms with Gasteiger partial charge in [-0.3, -0.25) is 9.59 Å². The number of hydrogen-bond donors (Lipinski definition) is 0. The van der Waals surface area contributed by atoms with E-state index in [1.54, 1.807) is 12.2 Å². The Morgan fingerprint density at radius 1 is 0.706 bits per heavy atom. The molecule has 5 heteroatoms. The topological polar surface area (TPSA) is 43.4 Å². The monoisotopic (exact) mass is 512 g/mol. The number of thioether (sulfide) groups is 2. The summed E-state index contributed by atoms with van der Waals surface area (Å²) in [6.45, 7) is 3.80. The van der Waals surface area contributed by atoms with Crippen LogP contribution in [0.15, 0.2) is 24.3 Å². The van der Waals surface area contributed by atoms with Gasteiger partial charge >= 0.3 is 5.97 Å². The van der Waals surface area contributed by atoms with E-state index in [1.165, 1.54) is 103 Å². The van der Waals surface area contributed by atoms with Crippen molar-refractivity contribution in [2.45, 2.75) is 127 Å². The van der Waals surface area contributed by atoms with Gasteiger partial charge in [0.15, 0.2) is 5.78 Å². The van der Waals surface area contributed by atoms with Crippen molar-refractivity contribution in [1.29, 1.82) is 0 Å². The van der Waals surface area contributed by atoms with E-state index in [0.29, 0.717) is 0 Å². The molecular formula is C29H52O3S2. The van der Waals surface area contributed by atoms with Crippen LogP contribution in [0.4, 0.5) is 0 Å². The van der Waals surface area contributed by atoms with Crippen molar-refractivity contribution in [3.05, 3.63) is 24.3 Å². The smallest absolute Gasteiger partial charge is 0.302 e. The lowest BCUT2D eigenvalue weighted by Gasteiger charge is -2.24. The van der Waals surface area contributed by atoms with Gasteiger partial charge < -0.3 is 4.74 Å². The van der Waals surface area contributed by atoms with E-state index in [4.69, 9.17) is 4.74 Å². The third-order valence-electron chi connectivity index (χ3n) is 6.17. The van der Waals surface area contributed by atoms with Crippen LogP contribution in [-0.2, 0) is 14.3 Å². The molecule has 0 heterocycles.